The third-order valence-electron chi connectivity index (χ3n) is 4.91. The average molecular weight is 305 g/mol. The van der Waals surface area contributed by atoms with Gasteiger partial charge in [-0.05, 0) is 24.5 Å². The Labute approximate surface area is 136 Å². The summed E-state index contributed by atoms with van der Waals surface area (Å²) in [5.74, 6) is 0.102. The van der Waals surface area contributed by atoms with Crippen molar-refractivity contribution in [2.24, 2.45) is 16.3 Å². The van der Waals surface area contributed by atoms with Crippen molar-refractivity contribution < 1.29 is 9.53 Å². The molecule has 1 saturated carbocycles. The Balaban J connectivity index is 1.78. The molecule has 116 valence electrons. The standard InChI is InChI=1S/C20H19NO2/c1-2-23-19(22)20-13-16(20)17(14-9-5-3-6-10-14)21-18(20)15-11-7-4-8-12-15/h3-12,16-17H,2,13H2,1H3/t16-,17-,20+/m0/s1. The Kier molecular flexibility index (Phi) is 3.29. The maximum absolute atomic E-state index is 12.7. The smallest absolute Gasteiger partial charge is 0.318 e. The van der Waals surface area contributed by atoms with Crippen LogP contribution in [-0.2, 0) is 9.53 Å². The maximum Gasteiger partial charge on any atom is 0.318 e. The summed E-state index contributed by atoms with van der Waals surface area (Å²) in [5, 5.41) is 0. The molecule has 1 fully saturated rings. The van der Waals surface area contributed by atoms with Gasteiger partial charge in [0.2, 0.25) is 0 Å². The lowest BCUT2D eigenvalue weighted by Gasteiger charge is -2.14. The number of hydrogen-bond donors (Lipinski definition) is 0. The van der Waals surface area contributed by atoms with Crippen molar-refractivity contribution in [2.75, 3.05) is 6.61 Å². The van der Waals surface area contributed by atoms with Gasteiger partial charge < -0.3 is 4.74 Å². The predicted octanol–water partition coefficient (Wildman–Crippen LogP) is 3.80. The summed E-state index contributed by atoms with van der Waals surface area (Å²) in [6.45, 7) is 2.26. The van der Waals surface area contributed by atoms with Crippen molar-refractivity contribution in [3.05, 3.63) is 71.8 Å². The summed E-state index contributed by atoms with van der Waals surface area (Å²) in [4.78, 5) is 17.6. The molecule has 0 unspecified atom stereocenters. The molecule has 1 aliphatic heterocycles. The van der Waals surface area contributed by atoms with Crippen LogP contribution in [0.1, 0.15) is 30.5 Å². The largest absolute Gasteiger partial charge is 0.465 e. The van der Waals surface area contributed by atoms with Gasteiger partial charge >= 0.3 is 5.97 Å². The number of benzene rings is 2. The molecule has 2 aromatic carbocycles. The number of rotatable bonds is 4. The summed E-state index contributed by atoms with van der Waals surface area (Å²) >= 11 is 0. The second-order valence-corrected chi connectivity index (χ2v) is 6.20. The molecule has 4 rings (SSSR count). The first-order valence-corrected chi connectivity index (χ1v) is 8.13. The molecule has 3 heteroatoms. The fourth-order valence-electron chi connectivity index (χ4n) is 3.76. The summed E-state index contributed by atoms with van der Waals surface area (Å²) < 4.78 is 5.39. The number of ether oxygens (including phenoxy) is 1. The van der Waals surface area contributed by atoms with E-state index < -0.39 is 5.41 Å². The monoisotopic (exact) mass is 305 g/mol. The minimum Gasteiger partial charge on any atom is -0.465 e. The molecule has 0 saturated heterocycles. The Bertz CT molecular complexity index is 754. The number of esters is 1. The molecule has 1 heterocycles. The van der Waals surface area contributed by atoms with Gasteiger partial charge in [0.25, 0.3) is 0 Å². The Morgan fingerprint density at radius 3 is 2.43 bits per heavy atom. The Morgan fingerprint density at radius 1 is 1.13 bits per heavy atom. The van der Waals surface area contributed by atoms with Crippen LogP contribution in [0.3, 0.4) is 0 Å². The summed E-state index contributed by atoms with van der Waals surface area (Å²) in [6.07, 6.45) is 0.832. The number of fused-ring (bicyclic) bond motifs is 1. The SMILES string of the molecule is CCOC(=O)[C@]12C[C@H]1[C@H](c1ccccc1)N=C2c1ccccc1. The van der Waals surface area contributed by atoms with E-state index in [1.165, 1.54) is 5.56 Å². The van der Waals surface area contributed by atoms with Crippen molar-refractivity contribution in [3.8, 4) is 0 Å². The number of nitrogens with zero attached hydrogens (tertiary/aromatic N) is 1. The summed E-state index contributed by atoms with van der Waals surface area (Å²) in [6, 6.07) is 20.3. The van der Waals surface area contributed by atoms with Crippen LogP contribution in [0.4, 0.5) is 0 Å². The summed E-state index contributed by atoms with van der Waals surface area (Å²) in [7, 11) is 0. The Morgan fingerprint density at radius 2 is 1.78 bits per heavy atom. The highest BCUT2D eigenvalue weighted by molar-refractivity contribution is 6.19. The van der Waals surface area contributed by atoms with E-state index in [1.807, 2.05) is 55.5 Å². The number of carbonyl (C=O) groups is 1. The van der Waals surface area contributed by atoms with Gasteiger partial charge in [0.15, 0.2) is 0 Å². The second kappa shape index (κ2) is 5.34. The first kappa shape index (κ1) is 14.2. The van der Waals surface area contributed by atoms with Crippen LogP contribution in [0, 0.1) is 11.3 Å². The molecular formula is C20H19NO2. The van der Waals surface area contributed by atoms with Crippen LogP contribution in [0.5, 0.6) is 0 Å². The van der Waals surface area contributed by atoms with E-state index in [-0.39, 0.29) is 17.9 Å². The van der Waals surface area contributed by atoms with Gasteiger partial charge in [0.1, 0.15) is 5.41 Å². The van der Waals surface area contributed by atoms with Gasteiger partial charge in [-0.3, -0.25) is 9.79 Å². The van der Waals surface area contributed by atoms with Crippen LogP contribution in [0.15, 0.2) is 65.7 Å². The van der Waals surface area contributed by atoms with Crippen molar-refractivity contribution in [2.45, 2.75) is 19.4 Å². The zero-order valence-electron chi connectivity index (χ0n) is 13.1. The molecular weight excluding hydrogens is 286 g/mol. The Hall–Kier alpha value is -2.42. The number of hydrogen-bond acceptors (Lipinski definition) is 3. The molecule has 1 aliphatic carbocycles. The van der Waals surface area contributed by atoms with E-state index in [2.05, 4.69) is 12.1 Å². The van der Waals surface area contributed by atoms with E-state index in [9.17, 15) is 4.79 Å². The van der Waals surface area contributed by atoms with E-state index in [0.717, 1.165) is 17.7 Å². The van der Waals surface area contributed by atoms with Crippen molar-refractivity contribution in [1.29, 1.82) is 0 Å². The molecule has 2 aliphatic rings. The van der Waals surface area contributed by atoms with Crippen molar-refractivity contribution in [3.63, 3.8) is 0 Å². The highest BCUT2D eigenvalue weighted by Crippen LogP contribution is 2.66. The third kappa shape index (κ3) is 2.11. The van der Waals surface area contributed by atoms with E-state index in [1.54, 1.807) is 0 Å². The van der Waals surface area contributed by atoms with E-state index in [0.29, 0.717) is 6.61 Å². The summed E-state index contributed by atoms with van der Waals surface area (Å²) in [5.41, 5.74) is 2.56. The average Bonchev–Trinajstić information content (AvgIpc) is 3.26. The van der Waals surface area contributed by atoms with Gasteiger partial charge in [0.05, 0.1) is 18.4 Å². The zero-order valence-corrected chi connectivity index (χ0v) is 13.1. The molecule has 3 nitrogen and oxygen atoms in total. The van der Waals surface area contributed by atoms with Crippen LogP contribution in [0.25, 0.3) is 0 Å². The fraction of sp³-hybridized carbons (Fsp3) is 0.300. The van der Waals surface area contributed by atoms with Crippen molar-refractivity contribution in [1.82, 2.24) is 0 Å². The molecule has 0 spiro atoms. The number of carbonyl (C=O) groups excluding carboxylic acids is 1. The van der Waals surface area contributed by atoms with Crippen LogP contribution in [-0.4, -0.2) is 18.3 Å². The van der Waals surface area contributed by atoms with Crippen LogP contribution in [0.2, 0.25) is 0 Å². The van der Waals surface area contributed by atoms with Gasteiger partial charge in [-0.25, -0.2) is 0 Å². The zero-order chi connectivity index (χ0) is 15.9. The van der Waals surface area contributed by atoms with Crippen molar-refractivity contribution >= 4 is 11.7 Å². The van der Waals surface area contributed by atoms with Gasteiger partial charge in [-0.2, -0.15) is 0 Å². The van der Waals surface area contributed by atoms with Gasteiger partial charge in [-0.1, -0.05) is 60.7 Å². The van der Waals surface area contributed by atoms with E-state index >= 15 is 0 Å². The third-order valence-corrected chi connectivity index (χ3v) is 4.91. The second-order valence-electron chi connectivity index (χ2n) is 6.20. The molecule has 0 N–H and O–H groups in total. The lowest BCUT2D eigenvalue weighted by Crippen LogP contribution is -2.28. The maximum atomic E-state index is 12.7. The van der Waals surface area contributed by atoms with E-state index in [4.69, 9.17) is 9.73 Å². The molecule has 23 heavy (non-hydrogen) atoms. The first-order chi connectivity index (χ1) is 11.3. The molecule has 0 amide bonds. The normalized spacial score (nSPS) is 28.0. The highest BCUT2D eigenvalue weighted by atomic mass is 16.5. The van der Waals surface area contributed by atoms with Gasteiger partial charge in [0, 0.05) is 5.92 Å². The molecule has 0 bridgehead atoms. The lowest BCUT2D eigenvalue weighted by molar-refractivity contribution is -0.147. The predicted molar refractivity (Wildman–Crippen MR) is 89.3 cm³/mol. The lowest BCUT2D eigenvalue weighted by atomic mass is 9.91. The molecule has 2 aromatic rings. The first-order valence-electron chi connectivity index (χ1n) is 8.13. The van der Waals surface area contributed by atoms with Crippen LogP contribution < -0.4 is 0 Å². The minimum absolute atomic E-state index is 0.0517. The van der Waals surface area contributed by atoms with Crippen LogP contribution >= 0.6 is 0 Å². The topological polar surface area (TPSA) is 38.7 Å². The highest BCUT2D eigenvalue weighted by Gasteiger charge is 2.70. The fourth-order valence-corrected chi connectivity index (χ4v) is 3.76. The number of aliphatic imine (C=N–C) groups is 1. The molecule has 0 radical (unpaired) electrons. The molecule has 0 aromatic heterocycles. The minimum atomic E-state index is -0.544. The molecule has 3 atom stereocenters. The quantitative estimate of drug-likeness (QED) is 0.806. The van der Waals surface area contributed by atoms with Gasteiger partial charge in [-0.15, -0.1) is 0 Å².